The van der Waals surface area contributed by atoms with Crippen molar-refractivity contribution < 1.29 is 19.7 Å². The first kappa shape index (κ1) is 17.9. The maximum absolute atomic E-state index is 12.8. The maximum atomic E-state index is 12.8. The first-order valence-electron chi connectivity index (χ1n) is 9.36. The maximum Gasteiger partial charge on any atom is 0.235 e. The summed E-state index contributed by atoms with van der Waals surface area (Å²) in [7, 11) is 1.94. The molecule has 0 spiro atoms. The normalized spacial score (nSPS) is 14.3. The number of fused-ring (bicyclic) bond motifs is 2. The number of ether oxygens (including phenoxy) is 1. The molecule has 0 fully saturated rings. The monoisotopic (exact) mass is 398 g/mol. The Morgan fingerprint density at radius 1 is 1.07 bits per heavy atom. The molecule has 0 saturated heterocycles. The number of allylic oxidation sites excluding steroid dienone is 1. The number of rotatable bonds is 2. The second-order valence-electron chi connectivity index (χ2n) is 7.29. The van der Waals surface area contributed by atoms with Crippen LogP contribution in [0, 0.1) is 0 Å². The average molecular weight is 398 g/mol. The summed E-state index contributed by atoms with van der Waals surface area (Å²) in [5.74, 6) is -0.673. The van der Waals surface area contributed by atoms with Crippen molar-refractivity contribution in [1.29, 1.82) is 0 Å². The number of ketones is 1. The third-order valence-corrected chi connectivity index (χ3v) is 5.29. The highest BCUT2D eigenvalue weighted by atomic mass is 16.5. The Labute approximate surface area is 172 Å². The topological polar surface area (TPSA) is 97.7 Å². The summed E-state index contributed by atoms with van der Waals surface area (Å²) in [6.45, 7) is 0. The highest BCUT2D eigenvalue weighted by Crippen LogP contribution is 2.41. The van der Waals surface area contributed by atoms with Gasteiger partial charge in [-0.15, -0.1) is 0 Å². The Bertz CT molecular complexity index is 1360. The molecule has 4 N–H and O–H groups in total. The second-order valence-corrected chi connectivity index (χ2v) is 7.29. The van der Waals surface area contributed by atoms with Crippen LogP contribution in [0.5, 0.6) is 17.2 Å². The number of Topliss-reactive ketones (excluding diaryl/α,β-unsaturated/α-hetero) is 1. The summed E-state index contributed by atoms with van der Waals surface area (Å²) in [6.07, 6.45) is 3.59. The summed E-state index contributed by atoms with van der Waals surface area (Å²) >= 11 is 0. The molecule has 0 atom stereocenters. The smallest absolute Gasteiger partial charge is 0.235 e. The van der Waals surface area contributed by atoms with E-state index in [9.17, 15) is 15.0 Å². The first-order chi connectivity index (χ1) is 14.4. The summed E-state index contributed by atoms with van der Waals surface area (Å²) in [6, 6.07) is 16.1. The van der Waals surface area contributed by atoms with Gasteiger partial charge in [0.15, 0.2) is 5.76 Å². The lowest BCUT2D eigenvalue weighted by atomic mass is 9.98. The largest absolute Gasteiger partial charge is 0.508 e. The van der Waals surface area contributed by atoms with Crippen molar-refractivity contribution in [2.45, 2.75) is 0 Å². The molecule has 148 valence electrons. The molecule has 0 saturated carbocycles. The molecular formula is C24H18N2O4. The van der Waals surface area contributed by atoms with Gasteiger partial charge >= 0.3 is 0 Å². The number of nitrogens with zero attached hydrogens (tertiary/aromatic N) is 1. The number of nitrogens with two attached hydrogens (primary N) is 1. The van der Waals surface area contributed by atoms with E-state index < -0.39 is 5.78 Å². The van der Waals surface area contributed by atoms with Crippen molar-refractivity contribution in [3.63, 3.8) is 0 Å². The molecule has 0 aliphatic carbocycles. The fraction of sp³-hybridized carbons (Fsp3) is 0.0417. The first-order valence-corrected chi connectivity index (χ1v) is 9.36. The zero-order valence-electron chi connectivity index (χ0n) is 16.1. The van der Waals surface area contributed by atoms with Gasteiger partial charge in [-0.2, -0.15) is 0 Å². The minimum absolute atomic E-state index is 0.0537. The molecule has 2 heterocycles. The number of phenols is 2. The quantitative estimate of drug-likeness (QED) is 0.342. The molecule has 1 aromatic heterocycles. The zero-order valence-corrected chi connectivity index (χ0v) is 16.1. The predicted molar refractivity (Wildman–Crippen MR) is 115 cm³/mol. The number of aromatic hydroxyl groups is 2. The van der Waals surface area contributed by atoms with E-state index in [1.807, 2.05) is 60.3 Å². The van der Waals surface area contributed by atoms with Crippen molar-refractivity contribution >= 4 is 28.4 Å². The number of hydrogen-bond acceptors (Lipinski definition) is 5. The molecule has 6 nitrogen and oxygen atoms in total. The van der Waals surface area contributed by atoms with Crippen LogP contribution in [0.1, 0.15) is 15.9 Å². The van der Waals surface area contributed by atoms with E-state index in [0.29, 0.717) is 5.69 Å². The number of aromatic nitrogens is 1. The summed E-state index contributed by atoms with van der Waals surface area (Å²) in [4.78, 5) is 12.8. The fourth-order valence-corrected chi connectivity index (χ4v) is 3.91. The van der Waals surface area contributed by atoms with Crippen LogP contribution in [0.15, 0.2) is 66.6 Å². The third-order valence-electron chi connectivity index (χ3n) is 5.29. The number of hydrogen-bond donors (Lipinski definition) is 3. The van der Waals surface area contributed by atoms with Gasteiger partial charge in [-0.25, -0.2) is 0 Å². The number of benzene rings is 3. The lowest BCUT2D eigenvalue weighted by Crippen LogP contribution is -1.98. The highest BCUT2D eigenvalue weighted by molar-refractivity contribution is 6.17. The van der Waals surface area contributed by atoms with Crippen molar-refractivity contribution in [3.05, 3.63) is 77.7 Å². The van der Waals surface area contributed by atoms with Crippen LogP contribution < -0.4 is 10.5 Å². The highest BCUT2D eigenvalue weighted by Gasteiger charge is 2.31. The molecule has 4 aromatic rings. The Morgan fingerprint density at radius 2 is 1.83 bits per heavy atom. The van der Waals surface area contributed by atoms with E-state index >= 15 is 0 Å². The predicted octanol–water partition coefficient (Wildman–Crippen LogP) is 4.45. The third kappa shape index (κ3) is 2.69. The number of carbonyl (C=O) groups excluding carboxylic acids is 1. The second kappa shape index (κ2) is 6.42. The van der Waals surface area contributed by atoms with Crippen LogP contribution in [0.2, 0.25) is 0 Å². The van der Waals surface area contributed by atoms with Gasteiger partial charge in [0.25, 0.3) is 0 Å². The van der Waals surface area contributed by atoms with Gasteiger partial charge in [0, 0.05) is 47.5 Å². The number of nitrogen functional groups attached to an aromatic ring is 1. The van der Waals surface area contributed by atoms with Crippen molar-refractivity contribution in [2.75, 3.05) is 5.73 Å². The minimum Gasteiger partial charge on any atom is -0.508 e. The van der Waals surface area contributed by atoms with Crippen LogP contribution in [0.3, 0.4) is 0 Å². The Kier molecular flexibility index (Phi) is 3.83. The van der Waals surface area contributed by atoms with Gasteiger partial charge in [-0.3, -0.25) is 4.79 Å². The van der Waals surface area contributed by atoms with Crippen molar-refractivity contribution in [3.8, 4) is 28.4 Å². The standard InChI is InChI=1S/C24H18N2O4/c1-26-12-14(9-21-24(29)23-19(28)10-16(27)11-20(23)30-21)22-17(3-2-4-18(22)26)13-5-7-15(25)8-6-13/h2-12,27-28H,25H2,1H3/b21-9-. The van der Waals surface area contributed by atoms with E-state index in [1.54, 1.807) is 6.08 Å². The SMILES string of the molecule is Cn1cc(/C=C2\Oc3cc(O)cc(O)c3C2=O)c2c(-c3ccc(N)cc3)cccc21. The lowest BCUT2D eigenvalue weighted by molar-refractivity contribution is 0.101. The van der Waals surface area contributed by atoms with Gasteiger partial charge in [0.05, 0.1) is 0 Å². The number of aryl methyl sites for hydroxylation is 1. The molecule has 3 aromatic carbocycles. The molecule has 5 rings (SSSR count). The number of anilines is 1. The van der Waals surface area contributed by atoms with E-state index in [4.69, 9.17) is 10.5 Å². The van der Waals surface area contributed by atoms with Crippen LogP contribution in [0.4, 0.5) is 5.69 Å². The van der Waals surface area contributed by atoms with Crippen molar-refractivity contribution in [1.82, 2.24) is 4.57 Å². The van der Waals surface area contributed by atoms with E-state index in [-0.39, 0.29) is 28.6 Å². The van der Waals surface area contributed by atoms with Crippen LogP contribution in [0.25, 0.3) is 28.1 Å². The molecule has 0 amide bonds. The minimum atomic E-state index is -0.426. The van der Waals surface area contributed by atoms with Gasteiger partial charge in [0.1, 0.15) is 22.8 Å². The average Bonchev–Trinajstić information content (AvgIpc) is 3.19. The van der Waals surface area contributed by atoms with Crippen LogP contribution in [-0.2, 0) is 7.05 Å². The van der Waals surface area contributed by atoms with E-state index in [0.717, 1.165) is 33.7 Å². The fourth-order valence-electron chi connectivity index (χ4n) is 3.91. The van der Waals surface area contributed by atoms with Crippen molar-refractivity contribution in [2.24, 2.45) is 7.05 Å². The number of carbonyl (C=O) groups is 1. The molecule has 0 bridgehead atoms. The van der Waals surface area contributed by atoms with Crippen LogP contribution in [-0.4, -0.2) is 20.6 Å². The van der Waals surface area contributed by atoms with E-state index in [2.05, 4.69) is 0 Å². The van der Waals surface area contributed by atoms with Gasteiger partial charge in [-0.1, -0.05) is 24.3 Å². The zero-order chi connectivity index (χ0) is 21.0. The summed E-state index contributed by atoms with van der Waals surface area (Å²) in [5.41, 5.74) is 10.4. The van der Waals surface area contributed by atoms with E-state index in [1.165, 1.54) is 6.07 Å². The molecule has 6 heteroatoms. The molecule has 30 heavy (non-hydrogen) atoms. The summed E-state index contributed by atoms with van der Waals surface area (Å²) in [5, 5.41) is 20.7. The number of phenolic OH excluding ortho intramolecular Hbond substituents is 2. The summed E-state index contributed by atoms with van der Waals surface area (Å²) < 4.78 is 7.65. The van der Waals surface area contributed by atoms with Crippen LogP contribution >= 0.6 is 0 Å². The molecule has 1 aliphatic heterocycles. The Balaban J connectivity index is 1.68. The lowest BCUT2D eigenvalue weighted by Gasteiger charge is -2.07. The Hall–Kier alpha value is -4.19. The van der Waals surface area contributed by atoms with Gasteiger partial charge in [-0.05, 0) is 35.4 Å². The molecule has 0 unspecified atom stereocenters. The molecule has 0 radical (unpaired) electrons. The Morgan fingerprint density at radius 3 is 2.60 bits per heavy atom. The van der Waals surface area contributed by atoms with Gasteiger partial charge in [0.2, 0.25) is 5.78 Å². The molecular weight excluding hydrogens is 380 g/mol. The molecule has 1 aliphatic rings. The van der Waals surface area contributed by atoms with Gasteiger partial charge < -0.3 is 25.3 Å².